The maximum atomic E-state index is 11.4. The number of carbonyl (C=O) groups is 2. The SMILES string of the molecule is CCC(=O)C(=O)NCCCCc1ccccc1CCCOc1ccc(O)cc1. The Bertz CT molecular complexity index is 755. The van der Waals surface area contributed by atoms with Crippen LogP contribution in [-0.2, 0) is 22.4 Å². The quantitative estimate of drug-likeness (QED) is 0.432. The number of rotatable bonds is 12. The molecule has 2 rings (SSSR count). The van der Waals surface area contributed by atoms with Crippen molar-refractivity contribution in [3.05, 3.63) is 59.7 Å². The molecule has 2 aromatic carbocycles. The minimum atomic E-state index is -0.475. The van der Waals surface area contributed by atoms with E-state index in [1.54, 1.807) is 31.2 Å². The van der Waals surface area contributed by atoms with E-state index in [0.717, 1.165) is 37.9 Å². The molecule has 0 saturated carbocycles. The van der Waals surface area contributed by atoms with Crippen LogP contribution in [0.25, 0.3) is 0 Å². The topological polar surface area (TPSA) is 75.6 Å². The Morgan fingerprint density at radius 2 is 1.57 bits per heavy atom. The molecule has 150 valence electrons. The highest BCUT2D eigenvalue weighted by Crippen LogP contribution is 2.17. The fourth-order valence-corrected chi connectivity index (χ4v) is 2.94. The van der Waals surface area contributed by atoms with Gasteiger partial charge < -0.3 is 15.2 Å². The second kappa shape index (κ2) is 11.8. The van der Waals surface area contributed by atoms with Crippen LogP contribution >= 0.6 is 0 Å². The van der Waals surface area contributed by atoms with Crippen molar-refractivity contribution in [1.82, 2.24) is 5.32 Å². The number of aryl methyl sites for hydroxylation is 2. The van der Waals surface area contributed by atoms with E-state index in [2.05, 4.69) is 23.5 Å². The van der Waals surface area contributed by atoms with E-state index >= 15 is 0 Å². The number of aromatic hydroxyl groups is 1. The van der Waals surface area contributed by atoms with Crippen molar-refractivity contribution < 1.29 is 19.4 Å². The number of ketones is 1. The third-order valence-electron chi connectivity index (χ3n) is 4.55. The molecule has 0 atom stereocenters. The van der Waals surface area contributed by atoms with Crippen LogP contribution in [0, 0.1) is 0 Å². The standard InChI is InChI=1S/C23H29NO4/c1-2-22(26)23(27)24-16-6-5-10-18-8-3-4-9-19(18)11-7-17-28-21-14-12-20(25)13-15-21/h3-4,8-9,12-15,25H,2,5-7,10-11,16-17H2,1H3,(H,24,27). The van der Waals surface area contributed by atoms with Gasteiger partial charge in [-0.05, 0) is 67.5 Å². The zero-order valence-corrected chi connectivity index (χ0v) is 16.4. The van der Waals surface area contributed by atoms with Gasteiger partial charge in [0.25, 0.3) is 5.91 Å². The third-order valence-corrected chi connectivity index (χ3v) is 4.55. The monoisotopic (exact) mass is 383 g/mol. The zero-order chi connectivity index (χ0) is 20.2. The van der Waals surface area contributed by atoms with Crippen molar-refractivity contribution in [1.29, 1.82) is 0 Å². The highest BCUT2D eigenvalue weighted by molar-refractivity contribution is 6.36. The summed E-state index contributed by atoms with van der Waals surface area (Å²) in [6.07, 6.45) is 4.86. The van der Waals surface area contributed by atoms with Crippen LogP contribution in [0.5, 0.6) is 11.5 Å². The Morgan fingerprint density at radius 1 is 0.929 bits per heavy atom. The van der Waals surface area contributed by atoms with E-state index in [9.17, 15) is 14.7 Å². The largest absolute Gasteiger partial charge is 0.508 e. The molecule has 0 radical (unpaired) electrons. The fourth-order valence-electron chi connectivity index (χ4n) is 2.94. The van der Waals surface area contributed by atoms with Gasteiger partial charge in [0, 0.05) is 13.0 Å². The molecule has 0 aromatic heterocycles. The fraction of sp³-hybridized carbons (Fsp3) is 0.391. The van der Waals surface area contributed by atoms with Gasteiger partial charge >= 0.3 is 0 Å². The molecule has 0 unspecified atom stereocenters. The minimum absolute atomic E-state index is 0.234. The summed E-state index contributed by atoms with van der Waals surface area (Å²) in [6.45, 7) is 2.85. The first kappa shape index (κ1) is 21.5. The van der Waals surface area contributed by atoms with Gasteiger partial charge in [0.2, 0.25) is 5.78 Å². The van der Waals surface area contributed by atoms with E-state index in [4.69, 9.17) is 4.74 Å². The Balaban J connectivity index is 1.69. The summed E-state index contributed by atoms with van der Waals surface area (Å²) in [4.78, 5) is 22.7. The molecular formula is C23H29NO4. The molecule has 2 N–H and O–H groups in total. The van der Waals surface area contributed by atoms with Gasteiger partial charge in [-0.25, -0.2) is 0 Å². The maximum Gasteiger partial charge on any atom is 0.287 e. The number of phenolic OH excluding ortho intramolecular Hbond substituents is 1. The zero-order valence-electron chi connectivity index (χ0n) is 16.4. The first-order valence-corrected chi connectivity index (χ1v) is 9.89. The summed E-state index contributed by atoms with van der Waals surface area (Å²) in [5, 5.41) is 12.0. The molecule has 0 aliphatic heterocycles. The molecule has 0 saturated heterocycles. The Morgan fingerprint density at radius 3 is 2.21 bits per heavy atom. The lowest BCUT2D eigenvalue weighted by atomic mass is 9.98. The number of hydrogen-bond donors (Lipinski definition) is 2. The summed E-state index contributed by atoms with van der Waals surface area (Å²) < 4.78 is 5.71. The predicted octanol–water partition coefficient (Wildman–Crippen LogP) is 3.82. The minimum Gasteiger partial charge on any atom is -0.508 e. The Labute approximate surface area is 166 Å². The average Bonchev–Trinajstić information content (AvgIpc) is 2.72. The van der Waals surface area contributed by atoms with Crippen molar-refractivity contribution in [3.8, 4) is 11.5 Å². The summed E-state index contributed by atoms with van der Waals surface area (Å²) >= 11 is 0. The van der Waals surface area contributed by atoms with Crippen LogP contribution in [0.4, 0.5) is 0 Å². The number of phenols is 1. The summed E-state index contributed by atoms with van der Waals surface area (Å²) in [5.74, 6) is 0.156. The first-order valence-electron chi connectivity index (χ1n) is 9.89. The van der Waals surface area contributed by atoms with Crippen LogP contribution in [0.3, 0.4) is 0 Å². The first-order chi connectivity index (χ1) is 13.6. The average molecular weight is 383 g/mol. The van der Waals surface area contributed by atoms with E-state index in [1.807, 2.05) is 6.07 Å². The second-order valence-corrected chi connectivity index (χ2v) is 6.70. The van der Waals surface area contributed by atoms with Crippen molar-refractivity contribution in [2.75, 3.05) is 13.2 Å². The highest BCUT2D eigenvalue weighted by Gasteiger charge is 2.09. The van der Waals surface area contributed by atoms with Gasteiger partial charge in [-0.1, -0.05) is 31.2 Å². The number of hydrogen-bond acceptors (Lipinski definition) is 4. The summed E-state index contributed by atoms with van der Waals surface area (Å²) in [5.41, 5.74) is 2.64. The van der Waals surface area contributed by atoms with Crippen molar-refractivity contribution >= 4 is 11.7 Å². The Kier molecular flexibility index (Phi) is 9.05. The van der Waals surface area contributed by atoms with Crippen LogP contribution < -0.4 is 10.1 Å². The number of ether oxygens (including phenoxy) is 1. The molecule has 0 aliphatic carbocycles. The molecule has 5 heteroatoms. The number of benzene rings is 2. The molecule has 0 fully saturated rings. The van der Waals surface area contributed by atoms with Gasteiger partial charge in [0.05, 0.1) is 6.61 Å². The molecule has 5 nitrogen and oxygen atoms in total. The van der Waals surface area contributed by atoms with E-state index < -0.39 is 5.91 Å². The number of carbonyl (C=O) groups excluding carboxylic acids is 2. The van der Waals surface area contributed by atoms with Crippen molar-refractivity contribution in [2.24, 2.45) is 0 Å². The second-order valence-electron chi connectivity index (χ2n) is 6.70. The van der Waals surface area contributed by atoms with Crippen molar-refractivity contribution in [2.45, 2.75) is 45.4 Å². The molecule has 0 bridgehead atoms. The van der Waals surface area contributed by atoms with Crippen LogP contribution in [-0.4, -0.2) is 29.9 Å². The van der Waals surface area contributed by atoms with Crippen molar-refractivity contribution in [3.63, 3.8) is 0 Å². The van der Waals surface area contributed by atoms with Crippen LogP contribution in [0.1, 0.15) is 43.7 Å². The lowest BCUT2D eigenvalue weighted by molar-refractivity contribution is -0.137. The third kappa shape index (κ3) is 7.43. The van der Waals surface area contributed by atoms with E-state index in [0.29, 0.717) is 13.2 Å². The smallest absolute Gasteiger partial charge is 0.287 e. The van der Waals surface area contributed by atoms with E-state index in [-0.39, 0.29) is 18.0 Å². The van der Waals surface area contributed by atoms with Gasteiger partial charge in [-0.15, -0.1) is 0 Å². The summed E-state index contributed by atoms with van der Waals surface area (Å²) in [6, 6.07) is 15.2. The normalized spacial score (nSPS) is 10.5. The highest BCUT2D eigenvalue weighted by atomic mass is 16.5. The van der Waals surface area contributed by atoms with Gasteiger partial charge in [0.15, 0.2) is 0 Å². The van der Waals surface area contributed by atoms with Gasteiger partial charge in [0.1, 0.15) is 11.5 Å². The van der Waals surface area contributed by atoms with E-state index in [1.165, 1.54) is 11.1 Å². The van der Waals surface area contributed by atoms with Gasteiger partial charge in [-0.2, -0.15) is 0 Å². The molecule has 2 aromatic rings. The maximum absolute atomic E-state index is 11.4. The molecule has 1 amide bonds. The van der Waals surface area contributed by atoms with Crippen LogP contribution in [0.15, 0.2) is 48.5 Å². The molecule has 0 heterocycles. The molecular weight excluding hydrogens is 354 g/mol. The lowest BCUT2D eigenvalue weighted by Crippen LogP contribution is -2.31. The summed E-state index contributed by atoms with van der Waals surface area (Å²) in [7, 11) is 0. The Hall–Kier alpha value is -2.82. The number of amides is 1. The lowest BCUT2D eigenvalue weighted by Gasteiger charge is -2.11. The van der Waals surface area contributed by atoms with Crippen LogP contribution in [0.2, 0.25) is 0 Å². The number of Topliss-reactive ketones (excluding diaryl/α,β-unsaturated/α-hetero) is 1. The predicted molar refractivity (Wildman–Crippen MR) is 110 cm³/mol. The number of unbranched alkanes of at least 4 members (excludes halogenated alkanes) is 1. The number of nitrogens with one attached hydrogen (secondary N) is 1. The molecule has 28 heavy (non-hydrogen) atoms. The van der Waals surface area contributed by atoms with Gasteiger partial charge in [-0.3, -0.25) is 9.59 Å². The molecule has 0 spiro atoms. The molecule has 0 aliphatic rings.